The van der Waals surface area contributed by atoms with E-state index in [1.807, 2.05) is 66.7 Å². The van der Waals surface area contributed by atoms with Gasteiger partial charge in [0.2, 0.25) is 0 Å². The van der Waals surface area contributed by atoms with Crippen LogP contribution in [-0.2, 0) is 22.6 Å². The Morgan fingerprint density at radius 3 is 2.29 bits per heavy atom. The Morgan fingerprint density at radius 1 is 0.842 bits per heavy atom. The summed E-state index contributed by atoms with van der Waals surface area (Å²) in [6.45, 7) is 0.902. The third-order valence-electron chi connectivity index (χ3n) is 5.90. The highest BCUT2D eigenvalue weighted by atomic mass is 35.5. The summed E-state index contributed by atoms with van der Waals surface area (Å²) in [6, 6.07) is 20.6. The standard InChI is InChI=1S/C30H28ClNO6/c31-25-7-1-2-9-27(25)38-17-4-3-16-37-24-14-11-21(12-15-24)10-13-22-6-5-8-26-30(22)23(18-28(33)34)19-32(26)20-29(35)36/h1-2,5-15,19H,3-4,16-18,20H2,(H,33,34)(H,35,36). The van der Waals surface area contributed by atoms with E-state index in [2.05, 4.69) is 0 Å². The van der Waals surface area contributed by atoms with Crippen molar-refractivity contribution in [2.45, 2.75) is 25.8 Å². The van der Waals surface area contributed by atoms with Gasteiger partial charge in [0.15, 0.2) is 0 Å². The molecule has 196 valence electrons. The van der Waals surface area contributed by atoms with Crippen LogP contribution in [0.2, 0.25) is 5.02 Å². The van der Waals surface area contributed by atoms with Crippen LogP contribution in [0.15, 0.2) is 72.9 Å². The van der Waals surface area contributed by atoms with Gasteiger partial charge in [0, 0.05) is 17.1 Å². The first-order valence-corrected chi connectivity index (χ1v) is 12.6. The molecule has 0 atom stereocenters. The Hall–Kier alpha value is -4.23. The average Bonchev–Trinajstić information content (AvgIpc) is 3.22. The van der Waals surface area contributed by atoms with Gasteiger partial charge in [-0.2, -0.15) is 0 Å². The maximum Gasteiger partial charge on any atom is 0.323 e. The Labute approximate surface area is 225 Å². The van der Waals surface area contributed by atoms with E-state index in [0.717, 1.165) is 35.1 Å². The van der Waals surface area contributed by atoms with E-state index in [4.69, 9.17) is 21.1 Å². The summed E-state index contributed by atoms with van der Waals surface area (Å²) in [5.41, 5.74) is 3.04. The molecule has 0 amide bonds. The van der Waals surface area contributed by atoms with Gasteiger partial charge in [0.05, 0.1) is 24.7 Å². The monoisotopic (exact) mass is 533 g/mol. The first kappa shape index (κ1) is 26.8. The Kier molecular flexibility index (Phi) is 9.06. The number of hydrogen-bond acceptors (Lipinski definition) is 4. The highest BCUT2D eigenvalue weighted by molar-refractivity contribution is 6.32. The molecule has 0 spiro atoms. The summed E-state index contributed by atoms with van der Waals surface area (Å²) >= 11 is 6.09. The SMILES string of the molecule is O=C(O)Cc1cn(CC(=O)O)c2cccc(C=Cc3ccc(OCCCCOc4ccccc4Cl)cc3)c12. The van der Waals surface area contributed by atoms with Gasteiger partial charge in [0.1, 0.15) is 18.0 Å². The molecule has 7 nitrogen and oxygen atoms in total. The largest absolute Gasteiger partial charge is 0.494 e. The number of carboxylic acids is 2. The lowest BCUT2D eigenvalue weighted by molar-refractivity contribution is -0.138. The minimum atomic E-state index is -0.988. The van der Waals surface area contributed by atoms with Crippen LogP contribution in [0.25, 0.3) is 23.1 Å². The molecule has 0 aliphatic rings. The molecule has 4 aromatic rings. The minimum absolute atomic E-state index is 0.188. The van der Waals surface area contributed by atoms with E-state index in [1.54, 1.807) is 22.9 Å². The van der Waals surface area contributed by atoms with Crippen molar-refractivity contribution >= 4 is 46.6 Å². The van der Waals surface area contributed by atoms with Crippen LogP contribution in [0.1, 0.15) is 29.5 Å². The lowest BCUT2D eigenvalue weighted by Gasteiger charge is -2.09. The molecule has 0 aliphatic heterocycles. The summed E-state index contributed by atoms with van der Waals surface area (Å²) in [6.07, 6.45) is 6.95. The number of hydrogen-bond donors (Lipinski definition) is 2. The van der Waals surface area contributed by atoms with E-state index < -0.39 is 11.9 Å². The van der Waals surface area contributed by atoms with E-state index >= 15 is 0 Å². The number of nitrogens with zero attached hydrogens (tertiary/aromatic N) is 1. The van der Waals surface area contributed by atoms with Crippen LogP contribution in [0.5, 0.6) is 11.5 Å². The molecule has 0 saturated carbocycles. The summed E-state index contributed by atoms with van der Waals surface area (Å²) in [7, 11) is 0. The smallest absolute Gasteiger partial charge is 0.323 e. The van der Waals surface area contributed by atoms with Crippen LogP contribution >= 0.6 is 11.6 Å². The summed E-state index contributed by atoms with van der Waals surface area (Å²) in [4.78, 5) is 22.7. The molecular formula is C30H28ClNO6. The van der Waals surface area contributed by atoms with Crippen molar-refractivity contribution in [3.8, 4) is 11.5 Å². The van der Waals surface area contributed by atoms with E-state index in [0.29, 0.717) is 35.1 Å². The fraction of sp³-hybridized carbons (Fsp3) is 0.200. The van der Waals surface area contributed by atoms with Crippen molar-refractivity contribution in [2.24, 2.45) is 0 Å². The molecule has 4 rings (SSSR count). The van der Waals surface area contributed by atoms with Gasteiger partial charge in [-0.05, 0) is 59.9 Å². The number of fused-ring (bicyclic) bond motifs is 1. The van der Waals surface area contributed by atoms with Crippen molar-refractivity contribution in [1.82, 2.24) is 4.57 Å². The second-order valence-electron chi connectivity index (χ2n) is 8.72. The number of unbranched alkanes of at least 4 members (excludes halogenated alkanes) is 1. The average molecular weight is 534 g/mol. The Bertz CT molecular complexity index is 1440. The van der Waals surface area contributed by atoms with Gasteiger partial charge < -0.3 is 24.3 Å². The molecule has 3 aromatic carbocycles. The van der Waals surface area contributed by atoms with Crippen LogP contribution in [-0.4, -0.2) is 39.9 Å². The van der Waals surface area contributed by atoms with Gasteiger partial charge in [-0.15, -0.1) is 0 Å². The molecule has 8 heteroatoms. The molecular weight excluding hydrogens is 506 g/mol. The fourth-order valence-corrected chi connectivity index (χ4v) is 4.37. The Morgan fingerprint density at radius 2 is 1.58 bits per heavy atom. The number of para-hydroxylation sites is 1. The highest BCUT2D eigenvalue weighted by Gasteiger charge is 2.15. The van der Waals surface area contributed by atoms with Crippen molar-refractivity contribution in [2.75, 3.05) is 13.2 Å². The number of ether oxygens (including phenoxy) is 2. The van der Waals surface area contributed by atoms with Gasteiger partial charge >= 0.3 is 11.9 Å². The second kappa shape index (κ2) is 12.8. The highest BCUT2D eigenvalue weighted by Crippen LogP contribution is 2.28. The maximum absolute atomic E-state index is 11.4. The fourth-order valence-electron chi connectivity index (χ4n) is 4.18. The van der Waals surface area contributed by atoms with Gasteiger partial charge in [-0.1, -0.05) is 60.2 Å². The predicted octanol–water partition coefficient (Wildman–Crippen LogP) is 6.41. The van der Waals surface area contributed by atoms with Crippen LogP contribution in [0.3, 0.4) is 0 Å². The summed E-state index contributed by atoms with van der Waals surface area (Å²) in [5, 5.41) is 19.9. The van der Waals surface area contributed by atoms with Gasteiger partial charge in [0.25, 0.3) is 0 Å². The number of aromatic nitrogens is 1. The maximum atomic E-state index is 11.4. The molecule has 0 fully saturated rings. The molecule has 0 radical (unpaired) electrons. The summed E-state index contributed by atoms with van der Waals surface area (Å²) in [5.74, 6) is -0.504. The van der Waals surface area contributed by atoms with Gasteiger partial charge in [-0.25, -0.2) is 0 Å². The van der Waals surface area contributed by atoms with E-state index in [1.165, 1.54) is 0 Å². The molecule has 1 heterocycles. The lowest BCUT2D eigenvalue weighted by Crippen LogP contribution is -2.07. The van der Waals surface area contributed by atoms with Crippen LogP contribution in [0, 0.1) is 0 Å². The Balaban J connectivity index is 1.35. The predicted molar refractivity (Wildman–Crippen MR) is 148 cm³/mol. The van der Waals surface area contributed by atoms with Crippen LogP contribution in [0.4, 0.5) is 0 Å². The minimum Gasteiger partial charge on any atom is -0.494 e. The van der Waals surface area contributed by atoms with Crippen molar-refractivity contribution in [3.05, 3.63) is 94.6 Å². The van der Waals surface area contributed by atoms with E-state index in [9.17, 15) is 19.8 Å². The molecule has 0 saturated heterocycles. The van der Waals surface area contributed by atoms with Gasteiger partial charge in [-0.3, -0.25) is 9.59 Å². The zero-order valence-corrected chi connectivity index (χ0v) is 21.4. The number of carboxylic acid groups (broad SMARTS) is 2. The second-order valence-corrected chi connectivity index (χ2v) is 9.13. The first-order chi connectivity index (χ1) is 18.4. The van der Waals surface area contributed by atoms with Crippen LogP contribution < -0.4 is 9.47 Å². The number of benzene rings is 3. The third kappa shape index (κ3) is 7.17. The molecule has 38 heavy (non-hydrogen) atoms. The summed E-state index contributed by atoms with van der Waals surface area (Å²) < 4.78 is 13.1. The van der Waals surface area contributed by atoms with Crippen molar-refractivity contribution in [1.29, 1.82) is 0 Å². The number of aliphatic carboxylic acids is 2. The third-order valence-corrected chi connectivity index (χ3v) is 6.21. The molecule has 0 aliphatic carbocycles. The lowest BCUT2D eigenvalue weighted by atomic mass is 10.0. The van der Waals surface area contributed by atoms with Crippen molar-refractivity contribution in [3.63, 3.8) is 0 Å². The first-order valence-electron chi connectivity index (χ1n) is 12.2. The van der Waals surface area contributed by atoms with E-state index in [-0.39, 0.29) is 13.0 Å². The number of halogens is 1. The number of rotatable bonds is 13. The normalized spacial score (nSPS) is 11.2. The topological polar surface area (TPSA) is 98.0 Å². The zero-order chi connectivity index (χ0) is 26.9. The molecule has 0 bridgehead atoms. The number of carbonyl (C=O) groups is 2. The van der Waals surface area contributed by atoms with Crippen molar-refractivity contribution < 1.29 is 29.3 Å². The molecule has 1 aromatic heterocycles. The quantitative estimate of drug-likeness (QED) is 0.152. The molecule has 2 N–H and O–H groups in total. The molecule has 0 unspecified atom stereocenters. The zero-order valence-electron chi connectivity index (χ0n) is 20.7.